The molecule has 19 heavy (non-hydrogen) atoms. The second-order valence-electron chi connectivity index (χ2n) is 5.68. The fourth-order valence-corrected chi connectivity index (χ4v) is 2.19. The van der Waals surface area contributed by atoms with E-state index in [2.05, 4.69) is 46.4 Å². The lowest BCUT2D eigenvalue weighted by Crippen LogP contribution is -2.12. The van der Waals surface area contributed by atoms with Gasteiger partial charge >= 0.3 is 0 Å². The molecule has 100 valence electrons. The molecule has 0 unspecified atom stereocenters. The predicted molar refractivity (Wildman–Crippen MR) is 78.7 cm³/mol. The van der Waals surface area contributed by atoms with E-state index in [0.717, 1.165) is 19.5 Å². The summed E-state index contributed by atoms with van der Waals surface area (Å²) >= 11 is 0. The lowest BCUT2D eigenvalue weighted by Gasteiger charge is -2.16. The lowest BCUT2D eigenvalue weighted by molar-refractivity contribution is 0.417. The third-order valence-electron chi connectivity index (χ3n) is 3.50. The van der Waals surface area contributed by atoms with Gasteiger partial charge in [-0.15, -0.1) is 0 Å². The molecule has 2 rings (SSSR count). The molecule has 3 heteroatoms. The molecule has 3 nitrogen and oxygen atoms in total. The average Bonchev–Trinajstić information content (AvgIpc) is 2.79. The summed E-state index contributed by atoms with van der Waals surface area (Å²) in [5, 5.41) is 13.5. The van der Waals surface area contributed by atoms with Gasteiger partial charge in [-0.3, -0.25) is 0 Å². The Bertz CT molecular complexity index is 602. The summed E-state index contributed by atoms with van der Waals surface area (Å²) in [6, 6.07) is 11.0. The fraction of sp³-hybridized carbons (Fsp3) is 0.438. The standard InChI is InChI=1S/C16H21N3/c1-16(2,12-17)7-9-19-8-6-14-5-4-13(11-18-3)10-15(14)19/h4-6,8,10,18H,7,9,11H2,1-3H3. The first-order chi connectivity index (χ1) is 9.05. The number of hydrogen-bond donors (Lipinski definition) is 1. The molecule has 0 bridgehead atoms. The first-order valence-electron chi connectivity index (χ1n) is 6.69. The summed E-state index contributed by atoms with van der Waals surface area (Å²) < 4.78 is 2.24. The number of aromatic nitrogens is 1. The zero-order chi connectivity index (χ0) is 13.9. The third-order valence-corrected chi connectivity index (χ3v) is 3.50. The van der Waals surface area contributed by atoms with Gasteiger partial charge in [-0.2, -0.15) is 5.26 Å². The molecular formula is C16H21N3. The normalized spacial score (nSPS) is 11.7. The minimum atomic E-state index is -0.265. The minimum Gasteiger partial charge on any atom is -0.347 e. The van der Waals surface area contributed by atoms with E-state index in [9.17, 15) is 0 Å². The first-order valence-corrected chi connectivity index (χ1v) is 6.69. The van der Waals surface area contributed by atoms with E-state index in [1.807, 2.05) is 20.9 Å². The van der Waals surface area contributed by atoms with Crippen LogP contribution in [0, 0.1) is 16.7 Å². The SMILES string of the molecule is CNCc1ccc2ccn(CCC(C)(C)C#N)c2c1. The minimum absolute atomic E-state index is 0.265. The molecule has 0 aliphatic rings. The molecule has 0 radical (unpaired) electrons. The molecule has 2 aromatic rings. The molecule has 0 amide bonds. The largest absolute Gasteiger partial charge is 0.347 e. The van der Waals surface area contributed by atoms with Crippen LogP contribution in [0.15, 0.2) is 30.5 Å². The summed E-state index contributed by atoms with van der Waals surface area (Å²) in [5.41, 5.74) is 2.27. The average molecular weight is 255 g/mol. The second-order valence-corrected chi connectivity index (χ2v) is 5.68. The van der Waals surface area contributed by atoms with Crippen molar-refractivity contribution in [1.29, 1.82) is 5.26 Å². The van der Waals surface area contributed by atoms with Crippen molar-refractivity contribution in [2.24, 2.45) is 5.41 Å². The topological polar surface area (TPSA) is 40.8 Å². The van der Waals surface area contributed by atoms with Crippen LogP contribution in [0.4, 0.5) is 0 Å². The lowest BCUT2D eigenvalue weighted by atomic mass is 9.91. The number of rotatable bonds is 5. The molecule has 1 N–H and O–H groups in total. The van der Waals surface area contributed by atoms with Gasteiger partial charge in [-0.1, -0.05) is 12.1 Å². The molecule has 0 aliphatic heterocycles. The van der Waals surface area contributed by atoms with Gasteiger partial charge in [0.1, 0.15) is 0 Å². The van der Waals surface area contributed by atoms with Gasteiger partial charge in [0.25, 0.3) is 0 Å². The van der Waals surface area contributed by atoms with Crippen molar-refractivity contribution in [3.05, 3.63) is 36.0 Å². The molecule has 1 aromatic heterocycles. The second kappa shape index (κ2) is 5.46. The number of hydrogen-bond acceptors (Lipinski definition) is 2. The van der Waals surface area contributed by atoms with Crippen molar-refractivity contribution >= 4 is 10.9 Å². The van der Waals surface area contributed by atoms with Crippen LogP contribution < -0.4 is 5.32 Å². The number of aryl methyl sites for hydroxylation is 1. The molecule has 0 saturated heterocycles. The summed E-state index contributed by atoms with van der Waals surface area (Å²) in [6.45, 7) is 5.74. The van der Waals surface area contributed by atoms with Crippen molar-refractivity contribution in [3.8, 4) is 6.07 Å². The van der Waals surface area contributed by atoms with Crippen molar-refractivity contribution in [3.63, 3.8) is 0 Å². The molecule has 1 heterocycles. The Hall–Kier alpha value is -1.79. The highest BCUT2D eigenvalue weighted by atomic mass is 15.0. The van der Waals surface area contributed by atoms with E-state index in [-0.39, 0.29) is 5.41 Å². The zero-order valence-electron chi connectivity index (χ0n) is 11.9. The van der Waals surface area contributed by atoms with Crippen LogP contribution in [0.2, 0.25) is 0 Å². The van der Waals surface area contributed by atoms with Crippen molar-refractivity contribution < 1.29 is 0 Å². The summed E-state index contributed by atoms with van der Waals surface area (Å²) in [6.07, 6.45) is 2.98. The van der Waals surface area contributed by atoms with E-state index in [0.29, 0.717) is 0 Å². The van der Waals surface area contributed by atoms with Crippen LogP contribution in [0.1, 0.15) is 25.8 Å². The van der Waals surface area contributed by atoms with Crippen LogP contribution >= 0.6 is 0 Å². The van der Waals surface area contributed by atoms with Gasteiger partial charge in [-0.05, 0) is 50.4 Å². The van der Waals surface area contributed by atoms with E-state index in [1.54, 1.807) is 0 Å². The van der Waals surface area contributed by atoms with Crippen LogP contribution in [-0.4, -0.2) is 11.6 Å². The molecule has 0 atom stereocenters. The van der Waals surface area contributed by atoms with Gasteiger partial charge in [0.2, 0.25) is 0 Å². The Morgan fingerprint density at radius 1 is 1.32 bits per heavy atom. The van der Waals surface area contributed by atoms with Gasteiger partial charge in [0.05, 0.1) is 11.5 Å². The molecule has 1 aromatic carbocycles. The maximum atomic E-state index is 9.08. The van der Waals surface area contributed by atoms with Gasteiger partial charge in [0, 0.05) is 24.8 Å². The van der Waals surface area contributed by atoms with Crippen LogP contribution in [0.25, 0.3) is 10.9 Å². The van der Waals surface area contributed by atoms with Crippen molar-refractivity contribution in [1.82, 2.24) is 9.88 Å². The number of benzene rings is 1. The van der Waals surface area contributed by atoms with E-state index in [1.165, 1.54) is 16.5 Å². The Morgan fingerprint density at radius 2 is 2.11 bits per heavy atom. The van der Waals surface area contributed by atoms with E-state index < -0.39 is 0 Å². The highest BCUT2D eigenvalue weighted by Crippen LogP contribution is 2.23. The van der Waals surface area contributed by atoms with Gasteiger partial charge in [0.15, 0.2) is 0 Å². The fourth-order valence-electron chi connectivity index (χ4n) is 2.19. The quantitative estimate of drug-likeness (QED) is 0.890. The summed E-state index contributed by atoms with van der Waals surface area (Å²) in [4.78, 5) is 0. The molecule has 0 spiro atoms. The van der Waals surface area contributed by atoms with Crippen molar-refractivity contribution in [2.45, 2.75) is 33.4 Å². The van der Waals surface area contributed by atoms with Gasteiger partial charge in [-0.25, -0.2) is 0 Å². The maximum absolute atomic E-state index is 9.08. The van der Waals surface area contributed by atoms with Crippen LogP contribution in [-0.2, 0) is 13.1 Å². The van der Waals surface area contributed by atoms with E-state index in [4.69, 9.17) is 5.26 Å². The monoisotopic (exact) mass is 255 g/mol. The molecule has 0 saturated carbocycles. The van der Waals surface area contributed by atoms with Crippen molar-refractivity contribution in [2.75, 3.05) is 7.05 Å². The number of nitrogens with zero attached hydrogens (tertiary/aromatic N) is 2. The summed E-state index contributed by atoms with van der Waals surface area (Å²) in [7, 11) is 1.96. The Balaban J connectivity index is 2.24. The number of nitrogens with one attached hydrogen (secondary N) is 1. The van der Waals surface area contributed by atoms with E-state index >= 15 is 0 Å². The number of nitriles is 1. The maximum Gasteiger partial charge on any atom is 0.0684 e. The van der Waals surface area contributed by atoms with Gasteiger partial charge < -0.3 is 9.88 Å². The predicted octanol–water partition coefficient (Wildman–Crippen LogP) is 3.30. The highest BCUT2D eigenvalue weighted by molar-refractivity contribution is 5.80. The molecular weight excluding hydrogens is 234 g/mol. The first kappa shape index (κ1) is 13.6. The highest BCUT2D eigenvalue weighted by Gasteiger charge is 2.16. The van der Waals surface area contributed by atoms with Crippen LogP contribution in [0.5, 0.6) is 0 Å². The Kier molecular flexibility index (Phi) is 3.92. The van der Waals surface area contributed by atoms with Crippen LogP contribution in [0.3, 0.4) is 0 Å². The molecule has 0 aliphatic carbocycles. The summed E-state index contributed by atoms with van der Waals surface area (Å²) in [5.74, 6) is 0. The number of fused-ring (bicyclic) bond motifs is 1. The zero-order valence-corrected chi connectivity index (χ0v) is 11.9. The smallest absolute Gasteiger partial charge is 0.0684 e. The Morgan fingerprint density at radius 3 is 2.79 bits per heavy atom. The molecule has 0 fully saturated rings. The Labute approximate surface area is 114 Å². The third kappa shape index (κ3) is 3.15.